The topological polar surface area (TPSA) is 51.1 Å². The van der Waals surface area contributed by atoms with Crippen LogP contribution in [0.4, 0.5) is 4.39 Å². The highest BCUT2D eigenvalue weighted by Gasteiger charge is 2.43. The standard InChI is InChI=1S/C24H18ClFN2O3/c1-30-18-9-4-14(5-10-18)20-13-21-19-12-16(25)6-11-22(19)31-24(28(21)27-20)23(29)15-2-7-17(26)8-3-15/h2-12,21,24H,13H2,1H3/t21-,24+/m1/s1. The summed E-state index contributed by atoms with van der Waals surface area (Å²) in [4.78, 5) is 13.3. The van der Waals surface area contributed by atoms with Crippen LogP contribution < -0.4 is 9.47 Å². The van der Waals surface area contributed by atoms with Gasteiger partial charge in [0.05, 0.1) is 18.9 Å². The molecule has 0 aromatic heterocycles. The largest absolute Gasteiger partial charge is 0.497 e. The number of hydrazone groups is 1. The average molecular weight is 437 g/mol. The molecule has 0 saturated carbocycles. The summed E-state index contributed by atoms with van der Waals surface area (Å²) < 4.78 is 24.6. The van der Waals surface area contributed by atoms with E-state index in [0.717, 1.165) is 22.6 Å². The van der Waals surface area contributed by atoms with E-state index in [9.17, 15) is 9.18 Å². The Bertz CT molecular complexity index is 1180. The molecule has 0 unspecified atom stereocenters. The van der Waals surface area contributed by atoms with Crippen molar-refractivity contribution < 1.29 is 18.7 Å². The van der Waals surface area contributed by atoms with Gasteiger partial charge in [0.25, 0.3) is 6.23 Å². The molecule has 2 aliphatic rings. The summed E-state index contributed by atoms with van der Waals surface area (Å²) in [6.45, 7) is 0. The van der Waals surface area contributed by atoms with Gasteiger partial charge in [-0.3, -0.25) is 4.79 Å². The normalized spacial score (nSPS) is 19.2. The minimum Gasteiger partial charge on any atom is -0.497 e. The first kappa shape index (κ1) is 19.6. The van der Waals surface area contributed by atoms with Crippen LogP contribution in [0.15, 0.2) is 71.8 Å². The molecule has 2 atom stereocenters. The summed E-state index contributed by atoms with van der Waals surface area (Å²) in [7, 11) is 1.62. The number of methoxy groups -OCH3 is 1. The highest BCUT2D eigenvalue weighted by Crippen LogP contribution is 2.44. The Morgan fingerprint density at radius 2 is 1.87 bits per heavy atom. The number of carbonyl (C=O) groups is 1. The van der Waals surface area contributed by atoms with Crippen LogP contribution in [0.2, 0.25) is 5.02 Å². The van der Waals surface area contributed by atoms with Gasteiger partial charge in [0.1, 0.15) is 17.3 Å². The van der Waals surface area contributed by atoms with Gasteiger partial charge < -0.3 is 9.47 Å². The van der Waals surface area contributed by atoms with E-state index in [1.54, 1.807) is 24.3 Å². The predicted molar refractivity (Wildman–Crippen MR) is 115 cm³/mol. The first-order valence-electron chi connectivity index (χ1n) is 9.79. The van der Waals surface area contributed by atoms with Crippen molar-refractivity contribution in [1.82, 2.24) is 5.01 Å². The molecule has 156 valence electrons. The van der Waals surface area contributed by atoms with E-state index in [1.165, 1.54) is 24.3 Å². The molecule has 3 aromatic carbocycles. The third-order valence-electron chi connectivity index (χ3n) is 5.53. The zero-order valence-electron chi connectivity index (χ0n) is 16.6. The first-order valence-corrected chi connectivity index (χ1v) is 10.2. The van der Waals surface area contributed by atoms with Crippen LogP contribution in [0.5, 0.6) is 11.5 Å². The predicted octanol–water partition coefficient (Wildman–Crippen LogP) is 5.24. The number of hydrogen-bond donors (Lipinski definition) is 0. The SMILES string of the molecule is COc1ccc(C2=NN3[C@H](C2)c2cc(Cl)ccc2O[C@H]3C(=O)c2ccc(F)cc2)cc1. The Morgan fingerprint density at radius 1 is 1.13 bits per heavy atom. The average Bonchev–Trinajstić information content (AvgIpc) is 3.24. The van der Waals surface area contributed by atoms with Crippen molar-refractivity contribution in [3.63, 3.8) is 0 Å². The van der Waals surface area contributed by atoms with Gasteiger partial charge in [0, 0.05) is 22.6 Å². The molecule has 5 nitrogen and oxygen atoms in total. The van der Waals surface area contributed by atoms with Gasteiger partial charge in [-0.2, -0.15) is 5.10 Å². The molecule has 0 bridgehead atoms. The van der Waals surface area contributed by atoms with Crippen LogP contribution in [-0.2, 0) is 0 Å². The summed E-state index contributed by atoms with van der Waals surface area (Å²) in [5, 5.41) is 7.03. The Labute approximate surface area is 183 Å². The summed E-state index contributed by atoms with van der Waals surface area (Å²) in [5.74, 6) is 0.660. The molecule has 0 aliphatic carbocycles. The number of carbonyl (C=O) groups excluding carboxylic acids is 1. The molecule has 2 aliphatic heterocycles. The molecule has 7 heteroatoms. The number of Topliss-reactive ketones (excluding diaryl/α,β-unsaturated/α-hetero) is 1. The molecule has 2 heterocycles. The Morgan fingerprint density at radius 3 is 2.58 bits per heavy atom. The maximum Gasteiger partial charge on any atom is 0.251 e. The number of benzene rings is 3. The monoisotopic (exact) mass is 436 g/mol. The van der Waals surface area contributed by atoms with Crippen molar-refractivity contribution >= 4 is 23.1 Å². The molecule has 5 rings (SSSR count). The zero-order chi connectivity index (χ0) is 21.5. The van der Waals surface area contributed by atoms with E-state index in [0.29, 0.717) is 22.8 Å². The minimum absolute atomic E-state index is 0.200. The fraction of sp³-hybridized carbons (Fsp3) is 0.167. The number of nitrogens with zero attached hydrogens (tertiary/aromatic N) is 2. The fourth-order valence-electron chi connectivity index (χ4n) is 3.95. The van der Waals surface area contributed by atoms with Crippen molar-refractivity contribution in [2.24, 2.45) is 5.10 Å². The first-order chi connectivity index (χ1) is 15.0. The fourth-order valence-corrected chi connectivity index (χ4v) is 4.13. The lowest BCUT2D eigenvalue weighted by molar-refractivity contribution is -0.00455. The van der Waals surface area contributed by atoms with E-state index in [4.69, 9.17) is 26.2 Å². The minimum atomic E-state index is -0.958. The van der Waals surface area contributed by atoms with Crippen molar-refractivity contribution in [1.29, 1.82) is 0 Å². The molecular formula is C24H18ClFN2O3. The van der Waals surface area contributed by atoms with Crippen LogP contribution in [0.25, 0.3) is 0 Å². The van der Waals surface area contributed by atoms with Gasteiger partial charge in [-0.15, -0.1) is 0 Å². The van der Waals surface area contributed by atoms with Gasteiger partial charge in [-0.25, -0.2) is 9.40 Å². The lowest BCUT2D eigenvalue weighted by atomic mass is 9.95. The number of ether oxygens (including phenoxy) is 2. The molecule has 0 N–H and O–H groups in total. The zero-order valence-corrected chi connectivity index (χ0v) is 17.3. The number of halogens is 2. The van der Waals surface area contributed by atoms with Crippen molar-refractivity contribution in [3.8, 4) is 11.5 Å². The number of fused-ring (bicyclic) bond motifs is 3. The summed E-state index contributed by atoms with van der Waals surface area (Å²) >= 11 is 6.24. The second-order valence-corrected chi connectivity index (χ2v) is 7.84. The third-order valence-corrected chi connectivity index (χ3v) is 5.76. The van der Waals surface area contributed by atoms with Crippen molar-refractivity contribution in [3.05, 3.63) is 94.3 Å². The Kier molecular flexibility index (Phi) is 4.87. The molecule has 0 saturated heterocycles. The Hall–Kier alpha value is -3.38. The maximum atomic E-state index is 13.3. The molecule has 3 aromatic rings. The highest BCUT2D eigenvalue weighted by atomic mass is 35.5. The maximum absolute atomic E-state index is 13.3. The van der Waals surface area contributed by atoms with E-state index in [-0.39, 0.29) is 11.8 Å². The van der Waals surface area contributed by atoms with Gasteiger partial charge in [-0.05, 0) is 72.3 Å². The van der Waals surface area contributed by atoms with Gasteiger partial charge in [0.15, 0.2) is 0 Å². The van der Waals surface area contributed by atoms with Crippen LogP contribution in [0.1, 0.15) is 33.9 Å². The Balaban J connectivity index is 1.55. The smallest absolute Gasteiger partial charge is 0.251 e. The van der Waals surface area contributed by atoms with Crippen LogP contribution >= 0.6 is 11.6 Å². The van der Waals surface area contributed by atoms with E-state index < -0.39 is 12.0 Å². The van der Waals surface area contributed by atoms with E-state index >= 15 is 0 Å². The molecule has 0 amide bonds. The number of hydrogen-bond acceptors (Lipinski definition) is 5. The molecule has 31 heavy (non-hydrogen) atoms. The molecule has 0 fully saturated rings. The van der Waals surface area contributed by atoms with Gasteiger partial charge in [-0.1, -0.05) is 11.6 Å². The van der Waals surface area contributed by atoms with E-state index in [2.05, 4.69) is 0 Å². The van der Waals surface area contributed by atoms with Crippen LogP contribution in [0.3, 0.4) is 0 Å². The van der Waals surface area contributed by atoms with Crippen molar-refractivity contribution in [2.75, 3.05) is 7.11 Å². The summed E-state index contributed by atoms with van der Waals surface area (Å²) in [5.41, 5.74) is 3.01. The second kappa shape index (κ2) is 7.71. The lowest BCUT2D eigenvalue weighted by Gasteiger charge is -2.37. The summed E-state index contributed by atoms with van der Waals surface area (Å²) in [6, 6.07) is 18.2. The van der Waals surface area contributed by atoms with Gasteiger partial charge >= 0.3 is 0 Å². The van der Waals surface area contributed by atoms with Crippen molar-refractivity contribution in [2.45, 2.75) is 18.7 Å². The number of ketones is 1. The summed E-state index contributed by atoms with van der Waals surface area (Å²) in [6.07, 6.45) is -0.365. The second-order valence-electron chi connectivity index (χ2n) is 7.40. The molecule has 0 radical (unpaired) electrons. The molecular weight excluding hydrogens is 419 g/mol. The van der Waals surface area contributed by atoms with Gasteiger partial charge in [0.2, 0.25) is 5.78 Å². The number of rotatable bonds is 4. The van der Waals surface area contributed by atoms with E-state index in [1.807, 2.05) is 30.3 Å². The van der Waals surface area contributed by atoms with Crippen LogP contribution in [0, 0.1) is 5.82 Å². The third kappa shape index (κ3) is 3.53. The highest BCUT2D eigenvalue weighted by molar-refractivity contribution is 6.30. The molecule has 0 spiro atoms. The van der Waals surface area contributed by atoms with Crippen LogP contribution in [-0.4, -0.2) is 29.8 Å². The lowest BCUT2D eigenvalue weighted by Crippen LogP contribution is -2.45. The quantitative estimate of drug-likeness (QED) is 0.525.